The van der Waals surface area contributed by atoms with Crippen LogP contribution in [0.5, 0.6) is 28.7 Å². The van der Waals surface area contributed by atoms with Crippen molar-refractivity contribution in [2.45, 2.75) is 19.7 Å². The average Bonchev–Trinajstić information content (AvgIpc) is 3.20. The Balaban J connectivity index is 0.00000341. The van der Waals surface area contributed by atoms with E-state index < -0.39 is 6.61 Å². The van der Waals surface area contributed by atoms with Gasteiger partial charge < -0.3 is 34.3 Å². The number of fused-ring (bicyclic) bond motifs is 1. The molecule has 0 fully saturated rings. The van der Waals surface area contributed by atoms with Crippen molar-refractivity contribution in [3.05, 3.63) is 41.5 Å². The number of guanidine groups is 1. The highest BCUT2D eigenvalue weighted by molar-refractivity contribution is 14.0. The molecule has 1 aliphatic heterocycles. The molecule has 0 aliphatic carbocycles. The van der Waals surface area contributed by atoms with Gasteiger partial charge in [-0.25, -0.2) is 0 Å². The van der Waals surface area contributed by atoms with Crippen LogP contribution in [0.15, 0.2) is 35.3 Å². The van der Waals surface area contributed by atoms with Crippen LogP contribution in [-0.2, 0) is 13.1 Å². The number of rotatable bonds is 8. The number of alkyl halides is 2. The molecule has 31 heavy (non-hydrogen) atoms. The van der Waals surface area contributed by atoms with Crippen molar-refractivity contribution in [2.24, 2.45) is 4.99 Å². The van der Waals surface area contributed by atoms with Crippen molar-refractivity contribution in [3.63, 3.8) is 0 Å². The molecule has 3 rings (SSSR count). The molecule has 0 saturated heterocycles. The summed E-state index contributed by atoms with van der Waals surface area (Å²) < 4.78 is 51.2. The van der Waals surface area contributed by atoms with Crippen molar-refractivity contribution in [3.8, 4) is 28.7 Å². The molecule has 0 bridgehead atoms. The summed E-state index contributed by atoms with van der Waals surface area (Å²) in [6, 6.07) is 8.56. The second-order valence-electron chi connectivity index (χ2n) is 6.16. The predicted molar refractivity (Wildman–Crippen MR) is 121 cm³/mol. The molecule has 2 aromatic carbocycles. The number of hydrogen-bond acceptors (Lipinski definition) is 6. The molecule has 0 radical (unpaired) electrons. The normalized spacial score (nSPS) is 12.3. The molecule has 0 amide bonds. The van der Waals surface area contributed by atoms with E-state index in [2.05, 4.69) is 20.4 Å². The van der Waals surface area contributed by atoms with E-state index in [1.54, 1.807) is 27.3 Å². The van der Waals surface area contributed by atoms with Gasteiger partial charge >= 0.3 is 6.61 Å². The summed E-state index contributed by atoms with van der Waals surface area (Å²) in [5, 5.41) is 6.23. The smallest absolute Gasteiger partial charge is 0.387 e. The molecule has 0 unspecified atom stereocenters. The van der Waals surface area contributed by atoms with E-state index in [9.17, 15) is 8.78 Å². The van der Waals surface area contributed by atoms with E-state index in [1.165, 1.54) is 6.07 Å². The first-order valence-corrected chi connectivity index (χ1v) is 9.06. The quantitative estimate of drug-likeness (QED) is 0.295. The third-order valence-corrected chi connectivity index (χ3v) is 4.35. The Kier molecular flexibility index (Phi) is 9.21. The Bertz CT molecular complexity index is 915. The van der Waals surface area contributed by atoms with Crippen molar-refractivity contribution < 1.29 is 32.5 Å². The van der Waals surface area contributed by atoms with Gasteiger partial charge in [0.25, 0.3) is 0 Å². The molecule has 0 saturated carbocycles. The SMILES string of the molecule is CN=C(NCc1ccc(OC)c(OC)c1)NCc1cc2c(cc1OC(F)F)OCO2.I. The molecule has 1 aliphatic rings. The second kappa shape index (κ2) is 11.6. The summed E-state index contributed by atoms with van der Waals surface area (Å²) in [5.41, 5.74) is 1.43. The first-order valence-electron chi connectivity index (χ1n) is 9.06. The molecule has 2 N–H and O–H groups in total. The maximum Gasteiger partial charge on any atom is 0.387 e. The molecular formula is C20H24F2IN3O5. The zero-order valence-corrected chi connectivity index (χ0v) is 19.6. The van der Waals surface area contributed by atoms with Crippen LogP contribution in [0.4, 0.5) is 8.78 Å². The fourth-order valence-electron chi connectivity index (χ4n) is 2.89. The number of aliphatic imine (C=N–C) groups is 1. The van der Waals surface area contributed by atoms with Gasteiger partial charge in [-0.2, -0.15) is 8.78 Å². The zero-order valence-electron chi connectivity index (χ0n) is 17.2. The van der Waals surface area contributed by atoms with Crippen LogP contribution >= 0.6 is 24.0 Å². The molecule has 0 aromatic heterocycles. The minimum absolute atomic E-state index is 0. The van der Waals surface area contributed by atoms with Gasteiger partial charge in [0.2, 0.25) is 6.79 Å². The number of halogens is 3. The third-order valence-electron chi connectivity index (χ3n) is 4.35. The van der Waals surface area contributed by atoms with Gasteiger partial charge in [-0.1, -0.05) is 6.07 Å². The van der Waals surface area contributed by atoms with Crippen molar-refractivity contribution in [1.29, 1.82) is 0 Å². The summed E-state index contributed by atoms with van der Waals surface area (Å²) in [7, 11) is 4.75. The van der Waals surface area contributed by atoms with E-state index in [0.29, 0.717) is 41.1 Å². The lowest BCUT2D eigenvalue weighted by Crippen LogP contribution is -2.36. The maximum absolute atomic E-state index is 12.8. The Labute approximate surface area is 195 Å². The largest absolute Gasteiger partial charge is 0.493 e. The first kappa shape index (κ1) is 24.6. The van der Waals surface area contributed by atoms with Gasteiger partial charge in [0.05, 0.1) is 14.2 Å². The molecular weight excluding hydrogens is 527 g/mol. The highest BCUT2D eigenvalue weighted by Crippen LogP contribution is 2.38. The molecule has 8 nitrogen and oxygen atoms in total. The maximum atomic E-state index is 12.8. The summed E-state index contributed by atoms with van der Waals surface area (Å²) in [6.07, 6.45) is 0. The lowest BCUT2D eigenvalue weighted by molar-refractivity contribution is -0.0505. The number of ether oxygens (including phenoxy) is 5. The monoisotopic (exact) mass is 551 g/mol. The van der Waals surface area contributed by atoms with Crippen LogP contribution in [0.2, 0.25) is 0 Å². The lowest BCUT2D eigenvalue weighted by atomic mass is 10.1. The average molecular weight is 551 g/mol. The van der Waals surface area contributed by atoms with E-state index in [4.69, 9.17) is 18.9 Å². The van der Waals surface area contributed by atoms with Gasteiger partial charge in [0.1, 0.15) is 5.75 Å². The van der Waals surface area contributed by atoms with Gasteiger partial charge in [0.15, 0.2) is 29.0 Å². The molecule has 0 atom stereocenters. The number of methoxy groups -OCH3 is 2. The second-order valence-corrected chi connectivity index (χ2v) is 6.16. The van der Waals surface area contributed by atoms with E-state index in [1.807, 2.05) is 18.2 Å². The molecule has 2 aromatic rings. The Morgan fingerprint density at radius 3 is 2.32 bits per heavy atom. The lowest BCUT2D eigenvalue weighted by Gasteiger charge is -2.16. The number of nitrogens with zero attached hydrogens (tertiary/aromatic N) is 1. The minimum Gasteiger partial charge on any atom is -0.493 e. The fraction of sp³-hybridized carbons (Fsp3) is 0.350. The van der Waals surface area contributed by atoms with Crippen LogP contribution in [0.25, 0.3) is 0 Å². The summed E-state index contributed by atoms with van der Waals surface area (Å²) in [6.45, 7) is -2.27. The van der Waals surface area contributed by atoms with Crippen LogP contribution in [0.1, 0.15) is 11.1 Å². The van der Waals surface area contributed by atoms with Crippen LogP contribution in [0, 0.1) is 0 Å². The van der Waals surface area contributed by atoms with Crippen LogP contribution < -0.4 is 34.3 Å². The van der Waals surface area contributed by atoms with Gasteiger partial charge in [-0.05, 0) is 23.8 Å². The molecule has 1 heterocycles. The minimum atomic E-state index is -2.95. The van der Waals surface area contributed by atoms with Crippen molar-refractivity contribution >= 4 is 29.9 Å². The standard InChI is InChI=1S/C20H23F2N3O5.HI/c1-23-20(24-9-12-4-5-14(26-2)16(6-12)27-3)25-10-13-7-17-18(29-11-28-17)8-15(13)30-19(21)22;/h4-8,19H,9-11H2,1-3H3,(H2,23,24,25);1H. The van der Waals surface area contributed by atoms with Crippen LogP contribution in [-0.4, -0.2) is 40.6 Å². The van der Waals surface area contributed by atoms with E-state index in [-0.39, 0.29) is 43.1 Å². The molecule has 170 valence electrons. The number of hydrogen-bond donors (Lipinski definition) is 2. The van der Waals surface area contributed by atoms with E-state index >= 15 is 0 Å². The zero-order chi connectivity index (χ0) is 21.5. The number of nitrogens with one attached hydrogen (secondary N) is 2. The van der Waals surface area contributed by atoms with Crippen molar-refractivity contribution in [2.75, 3.05) is 28.1 Å². The van der Waals surface area contributed by atoms with Gasteiger partial charge in [-0.15, -0.1) is 24.0 Å². The Morgan fingerprint density at radius 1 is 1.00 bits per heavy atom. The first-order chi connectivity index (χ1) is 14.5. The Hall–Kier alpha value is -2.70. The Morgan fingerprint density at radius 2 is 1.68 bits per heavy atom. The molecule has 0 spiro atoms. The van der Waals surface area contributed by atoms with Gasteiger partial charge in [0, 0.05) is 31.8 Å². The summed E-state index contributed by atoms with van der Waals surface area (Å²) >= 11 is 0. The third kappa shape index (κ3) is 6.39. The molecule has 11 heteroatoms. The summed E-state index contributed by atoms with van der Waals surface area (Å²) in [5.74, 6) is 2.58. The number of benzene rings is 2. The van der Waals surface area contributed by atoms with E-state index in [0.717, 1.165) is 5.56 Å². The van der Waals surface area contributed by atoms with Crippen molar-refractivity contribution in [1.82, 2.24) is 10.6 Å². The van der Waals surface area contributed by atoms with Crippen LogP contribution in [0.3, 0.4) is 0 Å². The fourth-order valence-corrected chi connectivity index (χ4v) is 2.89. The predicted octanol–water partition coefficient (Wildman–Crippen LogP) is 3.52. The van der Waals surface area contributed by atoms with Gasteiger partial charge in [-0.3, -0.25) is 4.99 Å². The summed E-state index contributed by atoms with van der Waals surface area (Å²) in [4.78, 5) is 4.15. The topological polar surface area (TPSA) is 82.6 Å². The highest BCUT2D eigenvalue weighted by atomic mass is 127. The highest BCUT2D eigenvalue weighted by Gasteiger charge is 2.20.